The number of para-hydroxylation sites is 1. The van der Waals surface area contributed by atoms with Gasteiger partial charge in [0.1, 0.15) is 0 Å². The van der Waals surface area contributed by atoms with Gasteiger partial charge in [-0.2, -0.15) is 0 Å². The van der Waals surface area contributed by atoms with Gasteiger partial charge in [0.15, 0.2) is 11.5 Å². The van der Waals surface area contributed by atoms with E-state index in [1.807, 2.05) is 42.5 Å². The summed E-state index contributed by atoms with van der Waals surface area (Å²) < 4.78 is 11.6. The lowest BCUT2D eigenvalue weighted by Crippen LogP contribution is -2.01. The van der Waals surface area contributed by atoms with E-state index in [-0.39, 0.29) is 0 Å². The third-order valence-corrected chi connectivity index (χ3v) is 3.50. The lowest BCUT2D eigenvalue weighted by molar-refractivity contribution is 0.354. The molecule has 0 bridgehead atoms. The van der Waals surface area contributed by atoms with Gasteiger partial charge in [-0.25, -0.2) is 0 Å². The summed E-state index contributed by atoms with van der Waals surface area (Å²) in [6, 6.07) is 13.9. The maximum absolute atomic E-state index is 5.29. The zero-order valence-electron chi connectivity index (χ0n) is 10.9. The van der Waals surface area contributed by atoms with Crippen LogP contribution in [0.1, 0.15) is 5.56 Å². The Labute approximate surface area is 121 Å². The van der Waals surface area contributed by atoms with Gasteiger partial charge >= 0.3 is 0 Å². The molecule has 0 saturated carbocycles. The number of hydrogen-bond acceptors (Lipinski definition) is 3. The van der Waals surface area contributed by atoms with Crippen LogP contribution in [0.25, 0.3) is 0 Å². The number of nitrogens with one attached hydrogen (secondary N) is 1. The van der Waals surface area contributed by atoms with E-state index in [0.717, 1.165) is 33.8 Å². The van der Waals surface area contributed by atoms with Crippen LogP contribution in [0.15, 0.2) is 46.9 Å². The molecule has 0 fully saturated rings. The Kier molecular flexibility index (Phi) is 4.68. The van der Waals surface area contributed by atoms with Gasteiger partial charge in [0.25, 0.3) is 0 Å². The fourth-order valence-corrected chi connectivity index (χ4v) is 2.22. The molecule has 0 aliphatic heterocycles. The lowest BCUT2D eigenvalue weighted by atomic mass is 10.2. The number of hydrogen-bond donors (Lipinski definition) is 1. The standard InChI is InChI=1S/C15H16BrNO2/c1-18-14-8-7-11(9-15(14)19-2)10-17-13-6-4-3-5-12(13)16/h3-9,17H,10H2,1-2H3. The molecule has 2 aromatic carbocycles. The highest BCUT2D eigenvalue weighted by Crippen LogP contribution is 2.28. The second-order valence-corrected chi connectivity index (χ2v) is 4.88. The fraction of sp³-hybridized carbons (Fsp3) is 0.200. The number of methoxy groups -OCH3 is 2. The summed E-state index contributed by atoms with van der Waals surface area (Å²) in [5.74, 6) is 1.49. The van der Waals surface area contributed by atoms with Gasteiger partial charge in [-0.3, -0.25) is 0 Å². The van der Waals surface area contributed by atoms with Crippen molar-refractivity contribution in [3.8, 4) is 11.5 Å². The Morgan fingerprint density at radius 1 is 1.00 bits per heavy atom. The van der Waals surface area contributed by atoms with Gasteiger partial charge in [-0.15, -0.1) is 0 Å². The molecule has 19 heavy (non-hydrogen) atoms. The molecule has 0 heterocycles. The van der Waals surface area contributed by atoms with E-state index in [0.29, 0.717) is 0 Å². The van der Waals surface area contributed by atoms with Crippen LogP contribution in [0.5, 0.6) is 11.5 Å². The molecule has 1 N–H and O–H groups in total. The third-order valence-electron chi connectivity index (χ3n) is 2.80. The van der Waals surface area contributed by atoms with Crippen LogP contribution >= 0.6 is 15.9 Å². The smallest absolute Gasteiger partial charge is 0.161 e. The van der Waals surface area contributed by atoms with E-state index < -0.39 is 0 Å². The van der Waals surface area contributed by atoms with Gasteiger partial charge < -0.3 is 14.8 Å². The zero-order chi connectivity index (χ0) is 13.7. The molecular weight excluding hydrogens is 306 g/mol. The quantitative estimate of drug-likeness (QED) is 0.900. The highest BCUT2D eigenvalue weighted by Gasteiger charge is 2.05. The number of ether oxygens (including phenoxy) is 2. The summed E-state index contributed by atoms with van der Waals surface area (Å²) in [5.41, 5.74) is 2.20. The Balaban J connectivity index is 2.10. The molecular formula is C15H16BrNO2. The van der Waals surface area contributed by atoms with E-state index in [4.69, 9.17) is 9.47 Å². The Morgan fingerprint density at radius 3 is 2.42 bits per heavy atom. The summed E-state index contributed by atoms with van der Waals surface area (Å²) in [4.78, 5) is 0. The molecule has 4 heteroatoms. The molecule has 0 aliphatic carbocycles. The molecule has 0 radical (unpaired) electrons. The van der Waals surface area contributed by atoms with Crippen molar-refractivity contribution in [1.29, 1.82) is 0 Å². The first-order valence-corrected chi connectivity index (χ1v) is 6.73. The van der Waals surface area contributed by atoms with E-state index in [1.165, 1.54) is 0 Å². The van der Waals surface area contributed by atoms with E-state index in [1.54, 1.807) is 14.2 Å². The maximum atomic E-state index is 5.29. The minimum Gasteiger partial charge on any atom is -0.493 e. The second kappa shape index (κ2) is 6.48. The van der Waals surface area contributed by atoms with Crippen molar-refractivity contribution in [2.75, 3.05) is 19.5 Å². The number of halogens is 1. The normalized spacial score (nSPS) is 10.1. The molecule has 0 unspecified atom stereocenters. The van der Waals surface area contributed by atoms with Crippen molar-refractivity contribution in [3.05, 3.63) is 52.5 Å². The number of anilines is 1. The van der Waals surface area contributed by atoms with Gasteiger partial charge in [0, 0.05) is 16.7 Å². The topological polar surface area (TPSA) is 30.5 Å². The summed E-state index contributed by atoms with van der Waals surface area (Å²) in [7, 11) is 3.28. The fourth-order valence-electron chi connectivity index (χ4n) is 1.79. The molecule has 0 aromatic heterocycles. The molecule has 3 nitrogen and oxygen atoms in total. The second-order valence-electron chi connectivity index (χ2n) is 4.02. The molecule has 2 aromatic rings. The van der Waals surface area contributed by atoms with Crippen molar-refractivity contribution in [3.63, 3.8) is 0 Å². The zero-order valence-corrected chi connectivity index (χ0v) is 12.5. The molecule has 0 aliphatic rings. The van der Waals surface area contributed by atoms with Gasteiger partial charge in [0.2, 0.25) is 0 Å². The summed E-state index contributed by atoms with van der Waals surface area (Å²) in [6.45, 7) is 0.725. The molecule has 2 rings (SSSR count). The Morgan fingerprint density at radius 2 is 1.74 bits per heavy atom. The molecule has 0 saturated heterocycles. The van der Waals surface area contributed by atoms with Crippen LogP contribution in [-0.4, -0.2) is 14.2 Å². The van der Waals surface area contributed by atoms with Crippen molar-refractivity contribution >= 4 is 21.6 Å². The van der Waals surface area contributed by atoms with Gasteiger partial charge in [-0.05, 0) is 45.8 Å². The van der Waals surface area contributed by atoms with E-state index >= 15 is 0 Å². The first-order chi connectivity index (χ1) is 9.24. The summed E-state index contributed by atoms with van der Waals surface area (Å²) >= 11 is 3.51. The van der Waals surface area contributed by atoms with Crippen molar-refractivity contribution in [1.82, 2.24) is 0 Å². The number of benzene rings is 2. The predicted octanol–water partition coefficient (Wildman–Crippen LogP) is 4.08. The van der Waals surface area contributed by atoms with Crippen LogP contribution in [0.2, 0.25) is 0 Å². The highest BCUT2D eigenvalue weighted by molar-refractivity contribution is 9.10. The SMILES string of the molecule is COc1ccc(CNc2ccccc2Br)cc1OC. The Hall–Kier alpha value is -1.68. The van der Waals surface area contributed by atoms with Gasteiger partial charge in [-0.1, -0.05) is 18.2 Å². The van der Waals surface area contributed by atoms with Crippen LogP contribution in [0.4, 0.5) is 5.69 Å². The Bertz CT molecular complexity index is 558. The van der Waals surface area contributed by atoms with Crippen molar-refractivity contribution in [2.45, 2.75) is 6.54 Å². The van der Waals surface area contributed by atoms with E-state index in [2.05, 4.69) is 21.2 Å². The maximum Gasteiger partial charge on any atom is 0.161 e. The predicted molar refractivity (Wildman–Crippen MR) is 81.0 cm³/mol. The number of rotatable bonds is 5. The van der Waals surface area contributed by atoms with Crippen LogP contribution in [-0.2, 0) is 6.54 Å². The molecule has 0 amide bonds. The molecule has 100 valence electrons. The minimum atomic E-state index is 0.725. The largest absolute Gasteiger partial charge is 0.493 e. The third kappa shape index (κ3) is 3.41. The molecule has 0 atom stereocenters. The van der Waals surface area contributed by atoms with Crippen LogP contribution < -0.4 is 14.8 Å². The highest BCUT2D eigenvalue weighted by atomic mass is 79.9. The summed E-state index contributed by atoms with van der Waals surface area (Å²) in [5, 5.41) is 3.37. The molecule has 0 spiro atoms. The van der Waals surface area contributed by atoms with Gasteiger partial charge in [0.05, 0.1) is 14.2 Å². The van der Waals surface area contributed by atoms with Crippen molar-refractivity contribution in [2.24, 2.45) is 0 Å². The minimum absolute atomic E-state index is 0.725. The monoisotopic (exact) mass is 321 g/mol. The average molecular weight is 322 g/mol. The van der Waals surface area contributed by atoms with Crippen LogP contribution in [0, 0.1) is 0 Å². The lowest BCUT2D eigenvalue weighted by Gasteiger charge is -2.11. The first kappa shape index (κ1) is 13.7. The van der Waals surface area contributed by atoms with E-state index in [9.17, 15) is 0 Å². The average Bonchev–Trinajstić information content (AvgIpc) is 2.46. The van der Waals surface area contributed by atoms with Crippen molar-refractivity contribution < 1.29 is 9.47 Å². The summed E-state index contributed by atoms with van der Waals surface area (Å²) in [6.07, 6.45) is 0. The first-order valence-electron chi connectivity index (χ1n) is 5.94. The van der Waals surface area contributed by atoms with Crippen LogP contribution in [0.3, 0.4) is 0 Å².